The fourth-order valence-corrected chi connectivity index (χ4v) is 4.34. The van der Waals surface area contributed by atoms with Gasteiger partial charge < -0.3 is 5.73 Å². The Morgan fingerprint density at radius 3 is 2.26 bits per heavy atom. The zero-order valence-electron chi connectivity index (χ0n) is 11.1. The molecule has 0 bridgehead atoms. The molecule has 2 heterocycles. The first-order valence-corrected chi connectivity index (χ1v) is 8.17. The molecule has 3 rings (SSSR count). The highest BCUT2D eigenvalue weighted by molar-refractivity contribution is 7.27. The Kier molecular flexibility index (Phi) is 3.44. The third kappa shape index (κ3) is 2.46. The largest absolute Gasteiger partial charge is 0.320 e. The van der Waals surface area contributed by atoms with Gasteiger partial charge in [0.15, 0.2) is 0 Å². The zero-order valence-corrected chi connectivity index (χ0v) is 12.7. The van der Waals surface area contributed by atoms with Crippen LogP contribution >= 0.6 is 22.7 Å². The first-order valence-electron chi connectivity index (χ1n) is 6.47. The van der Waals surface area contributed by atoms with E-state index in [1.165, 1.54) is 25.4 Å². The summed E-state index contributed by atoms with van der Waals surface area (Å²) < 4.78 is 2.68. The van der Waals surface area contributed by atoms with Crippen LogP contribution < -0.4 is 5.73 Å². The second kappa shape index (κ2) is 5.08. The molecular weight excluding hydrogens is 270 g/mol. The number of fused-ring (bicyclic) bond motifs is 1. The topological polar surface area (TPSA) is 26.0 Å². The van der Waals surface area contributed by atoms with Crippen LogP contribution in [0.4, 0.5) is 0 Å². The number of thiophene rings is 2. The third-order valence-corrected chi connectivity index (χ3v) is 5.60. The summed E-state index contributed by atoms with van der Waals surface area (Å²) in [5, 5.41) is 2.13. The Morgan fingerprint density at radius 1 is 0.947 bits per heavy atom. The van der Waals surface area contributed by atoms with E-state index in [1.54, 1.807) is 22.7 Å². The van der Waals surface area contributed by atoms with Crippen LogP contribution in [0.1, 0.15) is 41.8 Å². The summed E-state index contributed by atoms with van der Waals surface area (Å²) in [4.78, 5) is 1.25. The van der Waals surface area contributed by atoms with Crippen molar-refractivity contribution in [2.24, 2.45) is 5.73 Å². The van der Waals surface area contributed by atoms with Crippen molar-refractivity contribution in [3.8, 4) is 0 Å². The summed E-state index contributed by atoms with van der Waals surface area (Å²) in [6.45, 7) is 4.42. The molecule has 19 heavy (non-hydrogen) atoms. The SMILES string of the molecule is CC(C)c1ccc(C(N)c2cc3sccc3s2)cc1. The van der Waals surface area contributed by atoms with Gasteiger partial charge in [0, 0.05) is 14.3 Å². The maximum atomic E-state index is 6.38. The van der Waals surface area contributed by atoms with Crippen molar-refractivity contribution in [2.75, 3.05) is 0 Å². The molecule has 1 unspecified atom stereocenters. The monoisotopic (exact) mass is 287 g/mol. The number of rotatable bonds is 3. The molecular formula is C16H17NS2. The number of hydrogen-bond acceptors (Lipinski definition) is 3. The van der Waals surface area contributed by atoms with Gasteiger partial charge in [0.2, 0.25) is 0 Å². The highest BCUT2D eigenvalue weighted by atomic mass is 32.1. The van der Waals surface area contributed by atoms with Crippen molar-refractivity contribution in [3.63, 3.8) is 0 Å². The van der Waals surface area contributed by atoms with E-state index in [2.05, 4.69) is 55.6 Å². The summed E-state index contributed by atoms with van der Waals surface area (Å²) in [5.74, 6) is 0.567. The smallest absolute Gasteiger partial charge is 0.0646 e. The van der Waals surface area contributed by atoms with Gasteiger partial charge in [0.05, 0.1) is 6.04 Å². The predicted molar refractivity (Wildman–Crippen MR) is 86.3 cm³/mol. The van der Waals surface area contributed by atoms with Crippen molar-refractivity contribution in [2.45, 2.75) is 25.8 Å². The lowest BCUT2D eigenvalue weighted by Gasteiger charge is -2.12. The molecule has 1 nitrogen and oxygen atoms in total. The van der Waals surface area contributed by atoms with Crippen LogP contribution in [-0.4, -0.2) is 0 Å². The van der Waals surface area contributed by atoms with Gasteiger partial charge in [-0.1, -0.05) is 38.1 Å². The molecule has 3 aromatic rings. The van der Waals surface area contributed by atoms with Crippen molar-refractivity contribution in [1.29, 1.82) is 0 Å². The average molecular weight is 287 g/mol. The summed E-state index contributed by atoms with van der Waals surface area (Å²) in [7, 11) is 0. The van der Waals surface area contributed by atoms with E-state index >= 15 is 0 Å². The van der Waals surface area contributed by atoms with Gasteiger partial charge in [0.1, 0.15) is 0 Å². The fraction of sp³-hybridized carbons (Fsp3) is 0.250. The lowest BCUT2D eigenvalue weighted by Crippen LogP contribution is -2.10. The van der Waals surface area contributed by atoms with Crippen LogP contribution in [0.5, 0.6) is 0 Å². The van der Waals surface area contributed by atoms with Gasteiger partial charge in [-0.3, -0.25) is 0 Å². The molecule has 0 saturated heterocycles. The molecule has 1 aromatic carbocycles. The average Bonchev–Trinajstić information content (AvgIpc) is 2.98. The van der Waals surface area contributed by atoms with E-state index in [0.29, 0.717) is 5.92 Å². The predicted octanol–water partition coefficient (Wildman–Crippen LogP) is 5.13. The first-order chi connectivity index (χ1) is 9.15. The van der Waals surface area contributed by atoms with Crippen LogP contribution in [-0.2, 0) is 0 Å². The Bertz CT molecular complexity index is 648. The molecule has 0 aliphatic heterocycles. The van der Waals surface area contributed by atoms with Crippen molar-refractivity contribution < 1.29 is 0 Å². The molecule has 98 valence electrons. The lowest BCUT2D eigenvalue weighted by molar-refractivity contribution is 0.854. The lowest BCUT2D eigenvalue weighted by atomic mass is 9.99. The third-order valence-electron chi connectivity index (χ3n) is 3.43. The van der Waals surface area contributed by atoms with E-state index in [1.807, 2.05) is 0 Å². The molecule has 0 radical (unpaired) electrons. The summed E-state index contributed by atoms with van der Waals surface area (Å²) in [6.07, 6.45) is 0. The second-order valence-corrected chi connectivity index (χ2v) is 7.16. The van der Waals surface area contributed by atoms with Gasteiger partial charge in [-0.2, -0.15) is 0 Å². The second-order valence-electron chi connectivity index (χ2n) is 5.10. The highest BCUT2D eigenvalue weighted by Gasteiger charge is 2.13. The number of benzene rings is 1. The minimum atomic E-state index is -0.00851. The van der Waals surface area contributed by atoms with Gasteiger partial charge in [-0.15, -0.1) is 22.7 Å². The van der Waals surface area contributed by atoms with Crippen LogP contribution in [0.2, 0.25) is 0 Å². The van der Waals surface area contributed by atoms with Crippen LogP contribution in [0.3, 0.4) is 0 Å². The molecule has 0 amide bonds. The van der Waals surface area contributed by atoms with E-state index in [0.717, 1.165) is 0 Å². The fourth-order valence-electron chi connectivity index (χ4n) is 2.19. The van der Waals surface area contributed by atoms with Gasteiger partial charge in [-0.05, 0) is 34.6 Å². The van der Waals surface area contributed by atoms with E-state index in [4.69, 9.17) is 5.73 Å². The molecule has 0 spiro atoms. The molecule has 0 saturated carbocycles. The molecule has 0 fully saturated rings. The van der Waals surface area contributed by atoms with Gasteiger partial charge in [-0.25, -0.2) is 0 Å². The van der Waals surface area contributed by atoms with Crippen LogP contribution in [0, 0.1) is 0 Å². The van der Waals surface area contributed by atoms with E-state index < -0.39 is 0 Å². The molecule has 3 heteroatoms. The maximum Gasteiger partial charge on any atom is 0.0646 e. The highest BCUT2D eigenvalue weighted by Crippen LogP contribution is 2.35. The number of nitrogens with two attached hydrogens (primary N) is 1. The minimum absolute atomic E-state index is 0.00851. The summed E-state index contributed by atoms with van der Waals surface area (Å²) in [6, 6.07) is 13.1. The van der Waals surface area contributed by atoms with Crippen LogP contribution in [0.25, 0.3) is 9.40 Å². The maximum absolute atomic E-state index is 6.38. The molecule has 1 atom stereocenters. The van der Waals surface area contributed by atoms with E-state index in [-0.39, 0.29) is 6.04 Å². The van der Waals surface area contributed by atoms with Crippen molar-refractivity contribution in [1.82, 2.24) is 0 Å². The Morgan fingerprint density at radius 2 is 1.63 bits per heavy atom. The Hall–Kier alpha value is -1.16. The van der Waals surface area contributed by atoms with Crippen LogP contribution in [0.15, 0.2) is 41.8 Å². The summed E-state index contributed by atoms with van der Waals surface area (Å²) in [5.41, 5.74) is 8.94. The molecule has 2 aromatic heterocycles. The quantitative estimate of drug-likeness (QED) is 0.709. The van der Waals surface area contributed by atoms with Crippen molar-refractivity contribution in [3.05, 3.63) is 57.8 Å². The first kappa shape index (κ1) is 12.9. The molecule has 0 aliphatic carbocycles. The Labute approximate surface area is 121 Å². The van der Waals surface area contributed by atoms with Gasteiger partial charge in [0.25, 0.3) is 0 Å². The molecule has 0 aliphatic rings. The van der Waals surface area contributed by atoms with Crippen molar-refractivity contribution >= 4 is 32.1 Å². The number of hydrogen-bond donors (Lipinski definition) is 1. The molecule has 2 N–H and O–H groups in total. The van der Waals surface area contributed by atoms with Gasteiger partial charge >= 0.3 is 0 Å². The normalized spacial score (nSPS) is 13.3. The summed E-state index contributed by atoms with van der Waals surface area (Å²) >= 11 is 3.58. The minimum Gasteiger partial charge on any atom is -0.320 e. The zero-order chi connectivity index (χ0) is 13.4. The van der Waals surface area contributed by atoms with E-state index in [9.17, 15) is 0 Å². The Balaban J connectivity index is 1.90. The standard InChI is InChI=1S/C16H17NS2/c1-10(2)11-3-5-12(6-4-11)16(17)15-9-14-13(19-15)7-8-18-14/h3-10,16H,17H2,1-2H3.